The van der Waals surface area contributed by atoms with Crippen molar-refractivity contribution in [1.82, 2.24) is 5.32 Å². The van der Waals surface area contributed by atoms with Gasteiger partial charge in [-0.25, -0.2) is 0 Å². The third-order valence-electron chi connectivity index (χ3n) is 3.17. The second-order valence-electron chi connectivity index (χ2n) is 4.75. The van der Waals surface area contributed by atoms with Crippen molar-refractivity contribution < 1.29 is 9.84 Å². The summed E-state index contributed by atoms with van der Waals surface area (Å²) in [5.74, 6) is 0. The number of thiophene rings is 1. The van der Waals surface area contributed by atoms with Gasteiger partial charge in [0.05, 0.1) is 0 Å². The lowest BCUT2D eigenvalue weighted by atomic mass is 10.1. The van der Waals surface area contributed by atoms with Gasteiger partial charge in [-0.3, -0.25) is 0 Å². The fourth-order valence-corrected chi connectivity index (χ4v) is 2.72. The van der Waals surface area contributed by atoms with E-state index in [2.05, 4.69) is 19.2 Å². The average Bonchev–Trinajstić information content (AvgIpc) is 2.95. The van der Waals surface area contributed by atoms with E-state index >= 15 is 0 Å². The van der Waals surface area contributed by atoms with E-state index in [1.807, 2.05) is 17.5 Å². The van der Waals surface area contributed by atoms with Gasteiger partial charge >= 0.3 is 0 Å². The molecule has 110 valence electrons. The number of aliphatic hydroxyl groups excluding tert-OH is 1. The van der Waals surface area contributed by atoms with Crippen LogP contribution in [0.1, 0.15) is 50.5 Å². The lowest BCUT2D eigenvalue weighted by Crippen LogP contribution is -2.35. The summed E-state index contributed by atoms with van der Waals surface area (Å²) in [4.78, 5) is 1.04. The molecule has 0 saturated carbocycles. The van der Waals surface area contributed by atoms with Gasteiger partial charge in [-0.15, -0.1) is 11.3 Å². The minimum absolute atomic E-state index is 0.134. The molecule has 0 saturated heterocycles. The number of nitrogens with one attached hydrogen (secondary N) is 1. The zero-order chi connectivity index (χ0) is 13.9. The fourth-order valence-electron chi connectivity index (χ4n) is 1.95. The topological polar surface area (TPSA) is 41.5 Å². The van der Waals surface area contributed by atoms with E-state index in [1.54, 1.807) is 11.3 Å². The van der Waals surface area contributed by atoms with Crippen molar-refractivity contribution in [3.05, 3.63) is 22.4 Å². The lowest BCUT2D eigenvalue weighted by molar-refractivity contribution is 0.114. The van der Waals surface area contributed by atoms with Crippen molar-refractivity contribution in [2.24, 2.45) is 0 Å². The molecule has 1 aromatic heterocycles. The van der Waals surface area contributed by atoms with Gasteiger partial charge in [-0.2, -0.15) is 0 Å². The number of unbranched alkanes of at least 4 members (excludes halogenated alkanes) is 1. The van der Waals surface area contributed by atoms with E-state index in [-0.39, 0.29) is 6.04 Å². The van der Waals surface area contributed by atoms with Gasteiger partial charge in [0.1, 0.15) is 6.10 Å². The van der Waals surface area contributed by atoms with Gasteiger partial charge in [0, 0.05) is 24.1 Å². The van der Waals surface area contributed by atoms with Crippen LogP contribution in [0.5, 0.6) is 0 Å². The van der Waals surface area contributed by atoms with Crippen molar-refractivity contribution in [3.63, 3.8) is 0 Å². The molecular weight excluding hydrogens is 258 g/mol. The summed E-state index contributed by atoms with van der Waals surface area (Å²) in [6.07, 6.45) is 3.85. The monoisotopic (exact) mass is 285 g/mol. The molecule has 0 spiro atoms. The predicted molar refractivity (Wildman–Crippen MR) is 81.7 cm³/mol. The number of hydrogen-bond acceptors (Lipinski definition) is 4. The molecule has 2 atom stereocenters. The van der Waals surface area contributed by atoms with Crippen LogP contribution in [0.15, 0.2) is 17.5 Å². The minimum Gasteiger partial charge on any atom is -0.386 e. The van der Waals surface area contributed by atoms with Gasteiger partial charge in [0.2, 0.25) is 0 Å². The Hall–Kier alpha value is -0.420. The first kappa shape index (κ1) is 16.6. The van der Waals surface area contributed by atoms with E-state index in [0.717, 1.165) is 43.9 Å². The van der Waals surface area contributed by atoms with Crippen LogP contribution in [-0.4, -0.2) is 30.9 Å². The normalized spacial score (nSPS) is 14.5. The molecule has 4 heteroatoms. The van der Waals surface area contributed by atoms with E-state index in [9.17, 15) is 5.11 Å². The molecule has 1 rings (SSSR count). The van der Waals surface area contributed by atoms with Crippen molar-refractivity contribution in [1.29, 1.82) is 0 Å². The molecule has 2 N–H and O–H groups in total. The van der Waals surface area contributed by atoms with Crippen LogP contribution >= 0.6 is 11.3 Å². The van der Waals surface area contributed by atoms with E-state index in [0.29, 0.717) is 0 Å². The Labute approximate surface area is 121 Å². The first-order chi connectivity index (χ1) is 9.29. The molecule has 2 unspecified atom stereocenters. The van der Waals surface area contributed by atoms with Gasteiger partial charge in [-0.05, 0) is 37.3 Å². The Kier molecular flexibility index (Phi) is 9.08. The molecule has 1 heterocycles. The van der Waals surface area contributed by atoms with Gasteiger partial charge in [0.15, 0.2) is 0 Å². The van der Waals surface area contributed by atoms with Gasteiger partial charge in [0.25, 0.3) is 0 Å². The molecule has 3 nitrogen and oxygen atoms in total. The highest BCUT2D eigenvalue weighted by atomic mass is 32.1. The molecule has 0 aliphatic rings. The summed E-state index contributed by atoms with van der Waals surface area (Å²) in [7, 11) is 0. The lowest BCUT2D eigenvalue weighted by Gasteiger charge is -2.22. The highest BCUT2D eigenvalue weighted by Crippen LogP contribution is 2.23. The van der Waals surface area contributed by atoms with Gasteiger partial charge in [-0.1, -0.05) is 26.3 Å². The molecule has 0 amide bonds. The highest BCUT2D eigenvalue weighted by molar-refractivity contribution is 7.10. The van der Waals surface area contributed by atoms with Crippen LogP contribution in [0, 0.1) is 0 Å². The van der Waals surface area contributed by atoms with Crippen LogP contribution < -0.4 is 5.32 Å². The Balaban J connectivity index is 2.15. The minimum atomic E-state index is -0.397. The summed E-state index contributed by atoms with van der Waals surface area (Å²) >= 11 is 1.61. The molecule has 0 aliphatic carbocycles. The summed E-state index contributed by atoms with van der Waals surface area (Å²) in [5.41, 5.74) is 0. The summed E-state index contributed by atoms with van der Waals surface area (Å²) in [6.45, 7) is 6.84. The molecular formula is C15H27NO2S. The average molecular weight is 285 g/mol. The Morgan fingerprint density at radius 3 is 2.74 bits per heavy atom. The van der Waals surface area contributed by atoms with Crippen LogP contribution in [0.25, 0.3) is 0 Å². The van der Waals surface area contributed by atoms with Crippen LogP contribution in [0.4, 0.5) is 0 Å². The van der Waals surface area contributed by atoms with E-state index < -0.39 is 6.10 Å². The van der Waals surface area contributed by atoms with E-state index in [1.165, 1.54) is 6.42 Å². The third kappa shape index (κ3) is 6.52. The molecule has 1 aromatic rings. The summed E-state index contributed by atoms with van der Waals surface area (Å²) in [5, 5.41) is 15.7. The SMILES string of the molecule is CCCCOCCCNC(CC)C(O)c1cccs1. The van der Waals surface area contributed by atoms with Gasteiger partial charge < -0.3 is 15.2 Å². The fraction of sp³-hybridized carbons (Fsp3) is 0.733. The molecule has 0 radical (unpaired) electrons. The second kappa shape index (κ2) is 10.4. The first-order valence-corrected chi connectivity index (χ1v) is 8.20. The summed E-state index contributed by atoms with van der Waals surface area (Å²) < 4.78 is 5.52. The largest absolute Gasteiger partial charge is 0.386 e. The standard InChI is InChI=1S/C15H27NO2S/c1-3-5-10-18-11-7-9-16-13(4-2)15(17)14-8-6-12-19-14/h6,8,12-13,15-17H,3-5,7,9-11H2,1-2H3. The molecule has 19 heavy (non-hydrogen) atoms. The van der Waals surface area contributed by atoms with Crippen LogP contribution in [0.3, 0.4) is 0 Å². The molecule has 0 aromatic carbocycles. The predicted octanol–water partition coefficient (Wildman–Crippen LogP) is 3.36. The Bertz CT molecular complexity index is 303. The zero-order valence-corrected chi connectivity index (χ0v) is 12.9. The van der Waals surface area contributed by atoms with Crippen LogP contribution in [0.2, 0.25) is 0 Å². The zero-order valence-electron chi connectivity index (χ0n) is 12.1. The van der Waals surface area contributed by atoms with Crippen molar-refractivity contribution in [2.75, 3.05) is 19.8 Å². The smallest absolute Gasteiger partial charge is 0.103 e. The van der Waals surface area contributed by atoms with E-state index in [4.69, 9.17) is 4.74 Å². The third-order valence-corrected chi connectivity index (χ3v) is 4.11. The van der Waals surface area contributed by atoms with Crippen molar-refractivity contribution >= 4 is 11.3 Å². The quantitative estimate of drug-likeness (QED) is 0.613. The number of rotatable bonds is 11. The maximum absolute atomic E-state index is 10.3. The maximum atomic E-state index is 10.3. The summed E-state index contributed by atoms with van der Waals surface area (Å²) in [6, 6.07) is 4.11. The van der Waals surface area contributed by atoms with Crippen molar-refractivity contribution in [2.45, 2.75) is 51.7 Å². The number of aliphatic hydroxyl groups is 1. The maximum Gasteiger partial charge on any atom is 0.103 e. The number of hydrogen-bond donors (Lipinski definition) is 2. The molecule has 0 fully saturated rings. The Morgan fingerprint density at radius 2 is 2.11 bits per heavy atom. The number of ether oxygens (including phenoxy) is 1. The second-order valence-corrected chi connectivity index (χ2v) is 5.73. The first-order valence-electron chi connectivity index (χ1n) is 7.32. The van der Waals surface area contributed by atoms with Crippen molar-refractivity contribution in [3.8, 4) is 0 Å². The highest BCUT2D eigenvalue weighted by Gasteiger charge is 2.19. The Morgan fingerprint density at radius 1 is 1.32 bits per heavy atom. The van der Waals surface area contributed by atoms with Crippen LogP contribution in [-0.2, 0) is 4.74 Å². The molecule has 0 bridgehead atoms. The molecule has 0 aliphatic heterocycles.